The van der Waals surface area contributed by atoms with Crippen molar-refractivity contribution in [3.05, 3.63) is 400 Å². The van der Waals surface area contributed by atoms with Crippen LogP contribution in [0.1, 0.15) is 0 Å². The van der Waals surface area contributed by atoms with E-state index in [4.69, 9.17) is 55.9 Å². The second-order valence-electron chi connectivity index (χ2n) is 22.7. The molecular formula is C84H66Cl3O12P3. The molecule has 0 fully saturated rings. The molecule has 15 aromatic rings. The molecule has 102 heavy (non-hydrogen) atoms. The summed E-state index contributed by atoms with van der Waals surface area (Å²) in [6, 6.07) is 146. The van der Waals surface area contributed by atoms with Gasteiger partial charge in [-0.15, -0.1) is 30.7 Å². The minimum Gasteiger partial charge on any atom is -0.222 e. The number of benzene rings is 15. The van der Waals surface area contributed by atoms with E-state index < -0.39 is 52.5 Å². The van der Waals surface area contributed by atoms with Crippen LogP contribution in [-0.2, 0) is 0 Å². The molecule has 15 aromatic carbocycles. The van der Waals surface area contributed by atoms with Crippen LogP contribution in [-0.4, -0.2) is 0 Å². The third-order valence-electron chi connectivity index (χ3n) is 16.7. The van der Waals surface area contributed by atoms with Gasteiger partial charge in [0.2, 0.25) is 0 Å². The maximum atomic E-state index is 8.49. The third-order valence-corrected chi connectivity index (χ3v) is 29.7. The van der Waals surface area contributed by atoms with Crippen LogP contribution in [0.15, 0.2) is 400 Å². The molecule has 0 spiro atoms. The summed E-state index contributed by atoms with van der Waals surface area (Å²) in [5.41, 5.74) is 0. The van der Waals surface area contributed by atoms with Crippen LogP contribution in [0.25, 0.3) is 32.3 Å². The van der Waals surface area contributed by atoms with Crippen LogP contribution in [0.5, 0.6) is 0 Å². The highest BCUT2D eigenvalue weighted by Gasteiger charge is 2.51. The summed E-state index contributed by atoms with van der Waals surface area (Å²) < 4.78 is 102. The summed E-state index contributed by atoms with van der Waals surface area (Å²) in [6.07, 6.45) is 0. The van der Waals surface area contributed by atoms with E-state index in [-0.39, 0.29) is 0 Å². The summed E-state index contributed by atoms with van der Waals surface area (Å²) >= 11 is 0. The van der Waals surface area contributed by atoms with Crippen molar-refractivity contribution in [2.24, 2.45) is 0 Å². The zero-order valence-corrected chi connectivity index (χ0v) is 59.4. The Labute approximate surface area is 600 Å². The van der Waals surface area contributed by atoms with Crippen molar-refractivity contribution in [2.45, 2.75) is 0 Å². The zero-order valence-electron chi connectivity index (χ0n) is 54.5. The van der Waals surface area contributed by atoms with Crippen LogP contribution in [0.3, 0.4) is 0 Å². The SMILES string of the molecule is [O-][Cl+3]([O-])([O-])[O-].[O-][Cl+3]([O-])([O-])[O-].[O-][Cl+3]([O-])([O-])[O-].c1ccc([P+](c2ccccc2)(c2ccccc2)c2cccc3ccccc23)cc1.c1ccc([P+](c2ccccc2)(c2ccccc2)c2cccc3ccccc23)cc1.c1ccc([P+](c2ccccc2)(c2ccccc2)c2cccc3ccccc23)cc1. The molecule has 0 amide bonds. The van der Waals surface area contributed by atoms with Gasteiger partial charge in [0.15, 0.2) is 0 Å². The predicted octanol–water partition coefficient (Wildman–Crippen LogP) is 2.11. The van der Waals surface area contributed by atoms with Gasteiger partial charge < -0.3 is 0 Å². The summed E-state index contributed by atoms with van der Waals surface area (Å²) in [5, 5.41) is 24.6. The maximum absolute atomic E-state index is 8.49. The minimum absolute atomic E-state index is 1.29. The topological polar surface area (TPSA) is 277 Å². The van der Waals surface area contributed by atoms with Crippen LogP contribution in [0, 0.1) is 30.7 Å². The van der Waals surface area contributed by atoms with Crippen molar-refractivity contribution < 1.29 is 86.6 Å². The summed E-state index contributed by atoms with van der Waals surface area (Å²) in [4.78, 5) is 0. The number of rotatable bonds is 12. The molecule has 0 saturated carbocycles. The Morgan fingerprint density at radius 1 is 0.137 bits per heavy atom. The molecule has 15 rings (SSSR count). The number of hydrogen-bond acceptors (Lipinski definition) is 12. The van der Waals surface area contributed by atoms with Crippen LogP contribution < -0.4 is 120 Å². The predicted molar refractivity (Wildman–Crippen MR) is 386 cm³/mol. The lowest BCUT2D eigenvalue weighted by Gasteiger charge is -2.28. The molecule has 18 heteroatoms. The van der Waals surface area contributed by atoms with Crippen molar-refractivity contribution in [3.8, 4) is 0 Å². The molecule has 0 heterocycles. The quantitative estimate of drug-likeness (QED) is 0.159. The molecule has 0 bridgehead atoms. The highest BCUT2D eigenvalue weighted by Crippen LogP contribution is 2.58. The fourth-order valence-electron chi connectivity index (χ4n) is 13.0. The van der Waals surface area contributed by atoms with Crippen LogP contribution >= 0.6 is 21.8 Å². The average Bonchev–Trinajstić information content (AvgIpc) is 0.740. The largest absolute Gasteiger partial charge is 0.222 e. The lowest BCUT2D eigenvalue weighted by molar-refractivity contribution is -2.00. The van der Waals surface area contributed by atoms with Crippen molar-refractivity contribution >= 4 is 118 Å². The molecule has 0 N–H and O–H groups in total. The van der Waals surface area contributed by atoms with E-state index in [0.29, 0.717) is 0 Å². The molecule has 510 valence electrons. The molecule has 12 nitrogen and oxygen atoms in total. The zero-order chi connectivity index (χ0) is 72.1. The van der Waals surface area contributed by atoms with Gasteiger partial charge in [-0.05, 0) is 144 Å². The van der Waals surface area contributed by atoms with E-state index in [1.165, 1.54) is 96.0 Å². The maximum Gasteiger partial charge on any atom is 0.144 e. The lowest BCUT2D eigenvalue weighted by Crippen LogP contribution is -2.68. The van der Waals surface area contributed by atoms with Gasteiger partial charge in [-0.2, -0.15) is 0 Å². The highest BCUT2D eigenvalue weighted by molar-refractivity contribution is 8.03. The van der Waals surface area contributed by atoms with Crippen LogP contribution in [0.2, 0.25) is 0 Å². The molecule has 0 atom stereocenters. The van der Waals surface area contributed by atoms with Crippen LogP contribution in [0.4, 0.5) is 0 Å². The second kappa shape index (κ2) is 35.1. The molecule has 0 aliphatic carbocycles. The first-order chi connectivity index (χ1) is 49.2. The van der Waals surface area contributed by atoms with Gasteiger partial charge in [0.1, 0.15) is 85.4 Å². The first-order valence-electron chi connectivity index (χ1n) is 31.7. The first-order valence-corrected chi connectivity index (χ1v) is 40.8. The van der Waals surface area contributed by atoms with Gasteiger partial charge in [-0.3, -0.25) is 0 Å². The summed E-state index contributed by atoms with van der Waals surface area (Å²) in [5.74, 6) is 0. The molecular weight excluding hydrogens is 1400 g/mol. The molecule has 0 aromatic heterocycles. The average molecular weight is 1470 g/mol. The molecule has 0 saturated heterocycles. The van der Waals surface area contributed by atoms with E-state index in [9.17, 15) is 0 Å². The monoisotopic (exact) mass is 1460 g/mol. The fourth-order valence-corrected chi connectivity index (χ4v) is 26.3. The smallest absolute Gasteiger partial charge is 0.144 e. The van der Waals surface area contributed by atoms with Crippen molar-refractivity contribution in [1.29, 1.82) is 0 Å². The van der Waals surface area contributed by atoms with Gasteiger partial charge in [0, 0.05) is 16.2 Å². The van der Waals surface area contributed by atoms with Gasteiger partial charge in [-0.25, -0.2) is 55.9 Å². The van der Waals surface area contributed by atoms with Gasteiger partial charge >= 0.3 is 0 Å². The summed E-state index contributed by atoms with van der Waals surface area (Å²) in [7, 11) is -21.0. The van der Waals surface area contributed by atoms with Gasteiger partial charge in [-0.1, -0.05) is 273 Å². The molecule has 0 aliphatic rings. The van der Waals surface area contributed by atoms with E-state index in [1.54, 1.807) is 0 Å². The van der Waals surface area contributed by atoms with Gasteiger partial charge in [0.25, 0.3) is 0 Å². The van der Waals surface area contributed by atoms with E-state index >= 15 is 0 Å². The van der Waals surface area contributed by atoms with E-state index in [2.05, 4.69) is 400 Å². The van der Waals surface area contributed by atoms with E-state index in [1.807, 2.05) is 0 Å². The molecule has 0 radical (unpaired) electrons. The Bertz CT molecular complexity index is 4210. The van der Waals surface area contributed by atoms with Crippen molar-refractivity contribution in [2.75, 3.05) is 0 Å². The molecule has 0 aliphatic heterocycles. The Kier molecular flexibility index (Phi) is 26.0. The van der Waals surface area contributed by atoms with Gasteiger partial charge in [0.05, 0.1) is 0 Å². The first kappa shape index (κ1) is 75.4. The standard InChI is InChI=1S/3C28H22P.3ClHO4/c3*1-4-15-24(16-5-1)29(25-17-6-2-7-18-25,26-19-8-3-9-20-26)28-22-12-14-23-13-10-11-21-27(23)28;3*2-1(3,4)5/h3*1-22H;3*(H,2,3,4,5)/q3*+1;;;/p-3. The molecule has 0 unspecified atom stereocenters. The second-order valence-corrected chi connectivity index (χ2v) is 35.0. The van der Waals surface area contributed by atoms with E-state index in [0.717, 1.165) is 0 Å². The number of hydrogen-bond donors (Lipinski definition) is 0. The minimum atomic E-state index is -4.94. The number of halogens is 3. The summed E-state index contributed by atoms with van der Waals surface area (Å²) in [6.45, 7) is 0. The number of fused-ring (bicyclic) bond motifs is 3. The lowest BCUT2D eigenvalue weighted by atomic mass is 10.1. The fraction of sp³-hybridized carbons (Fsp3) is 0. The normalized spacial score (nSPS) is 11.5. The Morgan fingerprint density at radius 2 is 0.255 bits per heavy atom. The Hall–Kier alpha value is -9.24. The van der Waals surface area contributed by atoms with Crippen molar-refractivity contribution in [3.63, 3.8) is 0 Å². The highest BCUT2D eigenvalue weighted by atomic mass is 35.7. The Morgan fingerprint density at radius 3 is 0.402 bits per heavy atom. The Balaban J connectivity index is 0.000000149. The third kappa shape index (κ3) is 18.7. The van der Waals surface area contributed by atoms with Crippen molar-refractivity contribution in [1.82, 2.24) is 0 Å².